The van der Waals surface area contributed by atoms with Gasteiger partial charge in [-0.25, -0.2) is 9.78 Å². The van der Waals surface area contributed by atoms with Crippen molar-refractivity contribution in [3.63, 3.8) is 0 Å². The van der Waals surface area contributed by atoms with Crippen molar-refractivity contribution in [1.82, 2.24) is 9.55 Å². The number of aromatic nitrogens is 2. The van der Waals surface area contributed by atoms with Gasteiger partial charge in [0.2, 0.25) is 5.91 Å². The van der Waals surface area contributed by atoms with E-state index in [9.17, 15) is 18.4 Å². The standard InChI is InChI=1S/C16H15F2N3O3/c17-16(18)21-9-7-19-13(21)10-24-15(23)11-3-5-12(6-4-11)20-8-1-2-14(20)22/h3-7,9,16H,1-2,8,10H2. The number of nitrogens with zero attached hydrogens (tertiary/aromatic N) is 3. The minimum atomic E-state index is -2.74. The maximum atomic E-state index is 12.7. The molecule has 0 atom stereocenters. The van der Waals surface area contributed by atoms with Crippen LogP contribution in [0.4, 0.5) is 14.5 Å². The SMILES string of the molecule is O=C(OCc1nccn1C(F)F)c1ccc(N2CCCC2=O)cc1. The fourth-order valence-corrected chi connectivity index (χ4v) is 2.55. The lowest BCUT2D eigenvalue weighted by Gasteiger charge is -2.15. The molecule has 0 aliphatic carbocycles. The molecule has 0 bridgehead atoms. The van der Waals surface area contributed by atoms with Gasteiger partial charge in [0.25, 0.3) is 0 Å². The topological polar surface area (TPSA) is 64.4 Å². The number of hydrogen-bond donors (Lipinski definition) is 0. The van der Waals surface area contributed by atoms with Crippen molar-refractivity contribution in [3.8, 4) is 0 Å². The second-order valence-electron chi connectivity index (χ2n) is 5.30. The largest absolute Gasteiger partial charge is 0.454 e. The molecule has 0 spiro atoms. The Bertz CT molecular complexity index is 743. The van der Waals surface area contributed by atoms with Gasteiger partial charge in [-0.1, -0.05) is 0 Å². The number of esters is 1. The first-order valence-electron chi connectivity index (χ1n) is 7.43. The Hall–Kier alpha value is -2.77. The number of carbonyl (C=O) groups is 2. The maximum absolute atomic E-state index is 12.7. The van der Waals surface area contributed by atoms with Crippen molar-refractivity contribution in [2.75, 3.05) is 11.4 Å². The molecule has 1 aliphatic rings. The Labute approximate surface area is 136 Å². The van der Waals surface area contributed by atoms with E-state index in [4.69, 9.17) is 4.74 Å². The summed E-state index contributed by atoms with van der Waals surface area (Å²) < 4.78 is 31.0. The van der Waals surface area contributed by atoms with Gasteiger partial charge in [-0.05, 0) is 30.7 Å². The van der Waals surface area contributed by atoms with E-state index < -0.39 is 12.5 Å². The highest BCUT2D eigenvalue weighted by Gasteiger charge is 2.22. The van der Waals surface area contributed by atoms with Gasteiger partial charge in [-0.15, -0.1) is 0 Å². The molecule has 0 radical (unpaired) electrons. The lowest BCUT2D eigenvalue weighted by Crippen LogP contribution is -2.23. The third-order valence-corrected chi connectivity index (χ3v) is 3.78. The van der Waals surface area contributed by atoms with Crippen LogP contribution in [0.3, 0.4) is 0 Å². The molecule has 3 rings (SSSR count). The summed E-state index contributed by atoms with van der Waals surface area (Å²) >= 11 is 0. The van der Waals surface area contributed by atoms with Gasteiger partial charge in [0.05, 0.1) is 5.56 Å². The van der Waals surface area contributed by atoms with Gasteiger partial charge >= 0.3 is 12.5 Å². The summed E-state index contributed by atoms with van der Waals surface area (Å²) in [4.78, 5) is 29.1. The Morgan fingerprint density at radius 3 is 2.67 bits per heavy atom. The second-order valence-corrected chi connectivity index (χ2v) is 5.30. The number of halogens is 2. The van der Waals surface area contributed by atoms with Crippen LogP contribution in [0.2, 0.25) is 0 Å². The van der Waals surface area contributed by atoms with Crippen molar-refractivity contribution in [1.29, 1.82) is 0 Å². The number of rotatable bonds is 5. The van der Waals surface area contributed by atoms with Crippen LogP contribution in [0.25, 0.3) is 0 Å². The van der Waals surface area contributed by atoms with E-state index in [0.29, 0.717) is 17.5 Å². The van der Waals surface area contributed by atoms with E-state index >= 15 is 0 Å². The van der Waals surface area contributed by atoms with E-state index in [2.05, 4.69) is 4.98 Å². The maximum Gasteiger partial charge on any atom is 0.338 e. The van der Waals surface area contributed by atoms with E-state index in [1.165, 1.54) is 6.20 Å². The van der Waals surface area contributed by atoms with Crippen LogP contribution in [0.15, 0.2) is 36.7 Å². The van der Waals surface area contributed by atoms with Gasteiger partial charge in [-0.3, -0.25) is 9.36 Å². The van der Waals surface area contributed by atoms with E-state index in [-0.39, 0.29) is 23.9 Å². The smallest absolute Gasteiger partial charge is 0.338 e. The summed E-state index contributed by atoms with van der Waals surface area (Å²) in [5, 5.41) is 0. The summed E-state index contributed by atoms with van der Waals surface area (Å²) in [5.74, 6) is -0.611. The number of ether oxygens (including phenoxy) is 1. The molecule has 1 aromatic heterocycles. The first kappa shape index (κ1) is 16.1. The van der Waals surface area contributed by atoms with Crippen LogP contribution in [0.5, 0.6) is 0 Å². The number of imidazole rings is 1. The molecule has 24 heavy (non-hydrogen) atoms. The molecule has 0 saturated carbocycles. The summed E-state index contributed by atoms with van der Waals surface area (Å²) in [6.07, 6.45) is 3.69. The van der Waals surface area contributed by atoms with E-state index in [1.54, 1.807) is 29.2 Å². The monoisotopic (exact) mass is 335 g/mol. The molecule has 126 valence electrons. The number of alkyl halides is 2. The summed E-state index contributed by atoms with van der Waals surface area (Å²) in [7, 11) is 0. The average molecular weight is 335 g/mol. The van der Waals surface area contributed by atoms with Crippen molar-refractivity contribution in [2.24, 2.45) is 0 Å². The molecular weight excluding hydrogens is 320 g/mol. The summed E-state index contributed by atoms with van der Waals surface area (Å²) in [6.45, 7) is -2.42. The molecule has 0 N–H and O–H groups in total. The van der Waals surface area contributed by atoms with Crippen molar-refractivity contribution in [3.05, 3.63) is 48.0 Å². The minimum Gasteiger partial charge on any atom is -0.454 e. The van der Waals surface area contributed by atoms with Gasteiger partial charge in [0, 0.05) is 31.0 Å². The van der Waals surface area contributed by atoms with Crippen LogP contribution in [-0.2, 0) is 16.1 Å². The molecule has 0 unspecified atom stereocenters. The normalized spacial score (nSPS) is 14.5. The first-order valence-corrected chi connectivity index (χ1v) is 7.43. The van der Waals surface area contributed by atoms with E-state index in [1.807, 2.05) is 0 Å². The molecule has 2 aromatic rings. The van der Waals surface area contributed by atoms with E-state index in [0.717, 1.165) is 18.3 Å². The fraction of sp³-hybridized carbons (Fsp3) is 0.312. The quantitative estimate of drug-likeness (QED) is 0.788. The summed E-state index contributed by atoms with van der Waals surface area (Å²) in [5.41, 5.74) is 1.00. The molecule has 2 heterocycles. The second kappa shape index (κ2) is 6.77. The van der Waals surface area contributed by atoms with Crippen molar-refractivity contribution in [2.45, 2.75) is 26.0 Å². The predicted octanol–water partition coefficient (Wildman–Crippen LogP) is 2.76. The predicted molar refractivity (Wildman–Crippen MR) is 80.6 cm³/mol. The van der Waals surface area contributed by atoms with Crippen LogP contribution in [-0.4, -0.2) is 28.0 Å². The molecule has 1 aliphatic heterocycles. The number of amides is 1. The highest BCUT2D eigenvalue weighted by atomic mass is 19.3. The van der Waals surface area contributed by atoms with Gasteiger partial charge < -0.3 is 9.64 Å². The Balaban J connectivity index is 1.63. The fourth-order valence-electron chi connectivity index (χ4n) is 2.55. The van der Waals surface area contributed by atoms with Crippen LogP contribution in [0.1, 0.15) is 35.6 Å². The molecule has 1 amide bonds. The Morgan fingerprint density at radius 2 is 2.04 bits per heavy atom. The third kappa shape index (κ3) is 3.27. The van der Waals surface area contributed by atoms with Gasteiger partial charge in [0.15, 0.2) is 5.82 Å². The zero-order valence-corrected chi connectivity index (χ0v) is 12.7. The molecule has 1 aromatic carbocycles. The van der Waals surface area contributed by atoms with Gasteiger partial charge in [0.1, 0.15) is 6.61 Å². The highest BCUT2D eigenvalue weighted by molar-refractivity contribution is 5.96. The van der Waals surface area contributed by atoms with Crippen molar-refractivity contribution >= 4 is 17.6 Å². The molecule has 6 nitrogen and oxygen atoms in total. The van der Waals surface area contributed by atoms with Crippen LogP contribution >= 0.6 is 0 Å². The summed E-state index contributed by atoms with van der Waals surface area (Å²) in [6, 6.07) is 6.42. The lowest BCUT2D eigenvalue weighted by atomic mass is 10.2. The van der Waals surface area contributed by atoms with Crippen molar-refractivity contribution < 1.29 is 23.1 Å². The number of carbonyl (C=O) groups excluding carboxylic acids is 2. The zero-order valence-electron chi connectivity index (χ0n) is 12.7. The molecule has 8 heteroatoms. The Morgan fingerprint density at radius 1 is 1.29 bits per heavy atom. The number of benzene rings is 1. The lowest BCUT2D eigenvalue weighted by molar-refractivity contribution is -0.117. The van der Waals surface area contributed by atoms with Gasteiger partial charge in [-0.2, -0.15) is 8.78 Å². The number of anilines is 1. The average Bonchev–Trinajstić information content (AvgIpc) is 3.21. The Kier molecular flexibility index (Phi) is 4.54. The molecular formula is C16H15F2N3O3. The molecule has 1 saturated heterocycles. The van der Waals surface area contributed by atoms with Crippen LogP contribution < -0.4 is 4.90 Å². The zero-order chi connectivity index (χ0) is 17.1. The highest BCUT2D eigenvalue weighted by Crippen LogP contribution is 2.22. The molecule has 1 fully saturated rings. The third-order valence-electron chi connectivity index (χ3n) is 3.78. The minimum absolute atomic E-state index is 0.0300. The van der Waals surface area contributed by atoms with Crippen LogP contribution in [0, 0.1) is 0 Å². The number of hydrogen-bond acceptors (Lipinski definition) is 4. The first-order chi connectivity index (χ1) is 11.6.